The van der Waals surface area contributed by atoms with Crippen LogP contribution < -0.4 is 0 Å². The molecule has 0 amide bonds. The van der Waals surface area contributed by atoms with Crippen LogP contribution in [0, 0.1) is 5.92 Å². The normalized spacial score (nSPS) is 23.9. The molecule has 0 spiro atoms. The molecule has 1 unspecified atom stereocenters. The third-order valence-electron chi connectivity index (χ3n) is 2.58. The standard InChI is InChI=1S/C9H18BrNO2S/c1-2-4-9(7-10)8-11-5-3-6-14(11,12)13/h9H,2-8H2,1H3. The molecule has 1 aliphatic heterocycles. The van der Waals surface area contributed by atoms with Gasteiger partial charge in [-0.1, -0.05) is 29.3 Å². The predicted molar refractivity (Wildman–Crippen MR) is 62.2 cm³/mol. The minimum atomic E-state index is -2.90. The van der Waals surface area contributed by atoms with Crippen molar-refractivity contribution < 1.29 is 8.42 Å². The van der Waals surface area contributed by atoms with Crippen molar-refractivity contribution in [2.24, 2.45) is 5.92 Å². The molecule has 1 saturated heterocycles. The zero-order valence-corrected chi connectivity index (χ0v) is 11.0. The Morgan fingerprint density at radius 3 is 2.64 bits per heavy atom. The summed E-state index contributed by atoms with van der Waals surface area (Å²) in [5, 5.41) is 0.896. The van der Waals surface area contributed by atoms with Crippen LogP contribution in [0.1, 0.15) is 26.2 Å². The minimum Gasteiger partial charge on any atom is -0.212 e. The summed E-state index contributed by atoms with van der Waals surface area (Å²) in [6.45, 7) is 3.55. The highest BCUT2D eigenvalue weighted by Crippen LogP contribution is 2.19. The SMILES string of the molecule is CCCC(CBr)CN1CCCS1(=O)=O. The van der Waals surface area contributed by atoms with Crippen molar-refractivity contribution in [3.63, 3.8) is 0 Å². The first-order chi connectivity index (χ1) is 6.60. The van der Waals surface area contributed by atoms with Gasteiger partial charge in [-0.3, -0.25) is 0 Å². The molecule has 0 aromatic carbocycles. The van der Waals surface area contributed by atoms with Crippen molar-refractivity contribution in [1.82, 2.24) is 4.31 Å². The second kappa shape index (κ2) is 5.47. The van der Waals surface area contributed by atoms with E-state index in [1.165, 1.54) is 0 Å². The Hall–Kier alpha value is 0.390. The minimum absolute atomic E-state index is 0.341. The van der Waals surface area contributed by atoms with E-state index in [1.54, 1.807) is 4.31 Å². The zero-order valence-electron chi connectivity index (χ0n) is 8.58. The van der Waals surface area contributed by atoms with Crippen LogP contribution in [-0.4, -0.2) is 36.9 Å². The quantitative estimate of drug-likeness (QED) is 0.722. The topological polar surface area (TPSA) is 37.4 Å². The Bertz CT molecular complexity index is 266. The number of sulfonamides is 1. The maximum absolute atomic E-state index is 11.5. The van der Waals surface area contributed by atoms with Gasteiger partial charge < -0.3 is 0 Å². The molecule has 0 aromatic rings. The van der Waals surface area contributed by atoms with E-state index in [0.29, 0.717) is 18.2 Å². The molecule has 1 atom stereocenters. The molecule has 0 bridgehead atoms. The average molecular weight is 284 g/mol. The van der Waals surface area contributed by atoms with Crippen LogP contribution in [-0.2, 0) is 10.0 Å². The van der Waals surface area contributed by atoms with Crippen molar-refractivity contribution in [1.29, 1.82) is 0 Å². The first kappa shape index (κ1) is 12.5. The number of alkyl halides is 1. The van der Waals surface area contributed by atoms with E-state index in [2.05, 4.69) is 22.9 Å². The van der Waals surface area contributed by atoms with Gasteiger partial charge in [0.2, 0.25) is 10.0 Å². The molecule has 0 N–H and O–H groups in total. The molecular formula is C9H18BrNO2S. The Morgan fingerprint density at radius 2 is 2.21 bits per heavy atom. The molecule has 1 heterocycles. The largest absolute Gasteiger partial charge is 0.214 e. The molecule has 1 aliphatic rings. The van der Waals surface area contributed by atoms with Gasteiger partial charge in [0.05, 0.1) is 5.75 Å². The molecule has 1 rings (SSSR count). The van der Waals surface area contributed by atoms with Gasteiger partial charge in [0.25, 0.3) is 0 Å². The van der Waals surface area contributed by atoms with Gasteiger partial charge in [-0.2, -0.15) is 0 Å². The lowest BCUT2D eigenvalue weighted by atomic mass is 10.1. The van der Waals surface area contributed by atoms with E-state index < -0.39 is 10.0 Å². The highest BCUT2D eigenvalue weighted by molar-refractivity contribution is 9.09. The summed E-state index contributed by atoms with van der Waals surface area (Å²) in [5.41, 5.74) is 0. The van der Waals surface area contributed by atoms with Crippen LogP contribution in [0.15, 0.2) is 0 Å². The third-order valence-corrected chi connectivity index (χ3v) is 5.42. The van der Waals surface area contributed by atoms with Crippen LogP contribution in [0.25, 0.3) is 0 Å². The second-order valence-corrected chi connectivity index (χ2v) is 6.57. The first-order valence-corrected chi connectivity index (χ1v) is 7.87. The number of halogens is 1. The second-order valence-electron chi connectivity index (χ2n) is 3.84. The molecule has 1 fully saturated rings. The van der Waals surface area contributed by atoms with Crippen LogP contribution in [0.4, 0.5) is 0 Å². The van der Waals surface area contributed by atoms with Crippen molar-refractivity contribution in [3.8, 4) is 0 Å². The predicted octanol–water partition coefficient (Wildman–Crippen LogP) is 1.83. The van der Waals surface area contributed by atoms with Gasteiger partial charge in [0.15, 0.2) is 0 Å². The maximum atomic E-state index is 11.5. The van der Waals surface area contributed by atoms with Crippen molar-refractivity contribution >= 4 is 26.0 Å². The van der Waals surface area contributed by atoms with Gasteiger partial charge in [-0.25, -0.2) is 12.7 Å². The lowest BCUT2D eigenvalue weighted by Crippen LogP contribution is -2.31. The maximum Gasteiger partial charge on any atom is 0.214 e. The third kappa shape index (κ3) is 3.21. The summed E-state index contributed by atoms with van der Waals surface area (Å²) in [5.74, 6) is 0.807. The fraction of sp³-hybridized carbons (Fsp3) is 1.00. The number of rotatable bonds is 5. The highest BCUT2D eigenvalue weighted by Gasteiger charge is 2.29. The summed E-state index contributed by atoms with van der Waals surface area (Å²) in [6, 6.07) is 0. The Morgan fingerprint density at radius 1 is 1.50 bits per heavy atom. The molecule has 5 heteroatoms. The van der Waals surface area contributed by atoms with Crippen molar-refractivity contribution in [2.45, 2.75) is 26.2 Å². The average Bonchev–Trinajstić information content (AvgIpc) is 2.45. The fourth-order valence-corrected chi connectivity index (χ4v) is 3.94. The summed E-state index contributed by atoms with van der Waals surface area (Å²) >= 11 is 3.44. The first-order valence-electron chi connectivity index (χ1n) is 5.14. The van der Waals surface area contributed by atoms with Crippen LogP contribution >= 0.6 is 15.9 Å². The van der Waals surface area contributed by atoms with E-state index in [4.69, 9.17) is 0 Å². The molecule has 0 aliphatic carbocycles. The van der Waals surface area contributed by atoms with Crippen LogP contribution in [0.3, 0.4) is 0 Å². The Labute approximate surface area is 95.0 Å². The van der Waals surface area contributed by atoms with Gasteiger partial charge in [0, 0.05) is 18.4 Å². The van der Waals surface area contributed by atoms with Crippen LogP contribution in [0.2, 0.25) is 0 Å². The summed E-state index contributed by atoms with van der Waals surface area (Å²) in [6.07, 6.45) is 3.00. The number of hydrogen-bond donors (Lipinski definition) is 0. The molecule has 0 radical (unpaired) electrons. The number of hydrogen-bond acceptors (Lipinski definition) is 2. The number of nitrogens with zero attached hydrogens (tertiary/aromatic N) is 1. The van der Waals surface area contributed by atoms with E-state index in [-0.39, 0.29) is 0 Å². The van der Waals surface area contributed by atoms with E-state index in [1.807, 2.05) is 0 Å². The van der Waals surface area contributed by atoms with Gasteiger partial charge in [-0.05, 0) is 18.8 Å². The van der Waals surface area contributed by atoms with Crippen molar-refractivity contribution in [3.05, 3.63) is 0 Å². The fourth-order valence-electron chi connectivity index (χ4n) is 1.81. The molecule has 3 nitrogen and oxygen atoms in total. The summed E-state index contributed by atoms with van der Waals surface area (Å²) < 4.78 is 24.7. The van der Waals surface area contributed by atoms with Gasteiger partial charge >= 0.3 is 0 Å². The molecule has 14 heavy (non-hydrogen) atoms. The molecule has 84 valence electrons. The monoisotopic (exact) mass is 283 g/mol. The van der Waals surface area contributed by atoms with E-state index >= 15 is 0 Å². The summed E-state index contributed by atoms with van der Waals surface area (Å²) in [4.78, 5) is 0. The lowest BCUT2D eigenvalue weighted by Gasteiger charge is -2.20. The van der Waals surface area contributed by atoms with Gasteiger partial charge in [-0.15, -0.1) is 0 Å². The lowest BCUT2D eigenvalue weighted by molar-refractivity contribution is 0.367. The molecule has 0 saturated carbocycles. The highest BCUT2D eigenvalue weighted by atomic mass is 79.9. The molecule has 0 aromatic heterocycles. The summed E-state index contributed by atoms with van der Waals surface area (Å²) in [7, 11) is -2.90. The Kier molecular flexibility index (Phi) is 4.87. The van der Waals surface area contributed by atoms with Crippen LogP contribution in [0.5, 0.6) is 0 Å². The van der Waals surface area contributed by atoms with Crippen molar-refractivity contribution in [2.75, 3.05) is 24.2 Å². The zero-order chi connectivity index (χ0) is 10.6. The van der Waals surface area contributed by atoms with E-state index in [0.717, 1.165) is 31.1 Å². The molecular weight excluding hydrogens is 266 g/mol. The van der Waals surface area contributed by atoms with E-state index in [9.17, 15) is 8.42 Å². The Balaban J connectivity index is 2.50. The van der Waals surface area contributed by atoms with Gasteiger partial charge in [0.1, 0.15) is 0 Å². The smallest absolute Gasteiger partial charge is 0.212 e.